The summed E-state index contributed by atoms with van der Waals surface area (Å²) in [6.45, 7) is 4.14. The fraction of sp³-hybridized carbons (Fsp3) is 0.292. The van der Waals surface area contributed by atoms with Gasteiger partial charge in [-0.15, -0.1) is 0 Å². The van der Waals surface area contributed by atoms with Crippen LogP contribution in [0.4, 0.5) is 0 Å². The first-order valence-electron chi connectivity index (χ1n) is 9.81. The minimum Gasteiger partial charge on any atom is -0.489 e. The van der Waals surface area contributed by atoms with Crippen LogP contribution in [0.2, 0.25) is 0 Å². The molecule has 1 aliphatic heterocycles. The van der Waals surface area contributed by atoms with Crippen molar-refractivity contribution in [1.29, 1.82) is 0 Å². The van der Waals surface area contributed by atoms with Gasteiger partial charge in [-0.25, -0.2) is 4.57 Å². The molecule has 0 aliphatic carbocycles. The van der Waals surface area contributed by atoms with E-state index >= 15 is 0 Å². The van der Waals surface area contributed by atoms with Gasteiger partial charge in [0.1, 0.15) is 11.9 Å². The molecular weight excluding hydrogens is 332 g/mol. The van der Waals surface area contributed by atoms with Crippen molar-refractivity contribution in [3.63, 3.8) is 0 Å². The van der Waals surface area contributed by atoms with Gasteiger partial charge in [0.2, 0.25) is 0 Å². The fourth-order valence-corrected chi connectivity index (χ4v) is 3.64. The first kappa shape index (κ1) is 17.7. The van der Waals surface area contributed by atoms with E-state index in [0.29, 0.717) is 6.10 Å². The third-order valence-corrected chi connectivity index (χ3v) is 5.16. The Bertz CT molecular complexity index is 818. The zero-order chi connectivity index (χ0) is 18.3. The van der Waals surface area contributed by atoms with E-state index in [1.807, 2.05) is 0 Å². The molecule has 1 atom stereocenters. The predicted octanol–water partition coefficient (Wildman–Crippen LogP) is 3.72. The molecule has 2 heterocycles. The van der Waals surface area contributed by atoms with Gasteiger partial charge >= 0.3 is 0 Å². The Morgan fingerprint density at radius 3 is 2.22 bits per heavy atom. The highest BCUT2D eigenvalue weighted by Crippen LogP contribution is 2.17. The third kappa shape index (κ3) is 5.18. The lowest BCUT2D eigenvalue weighted by Crippen LogP contribution is -2.33. The molecule has 1 saturated heterocycles. The Hall–Kier alpha value is -2.65. The molecule has 0 amide bonds. The first-order valence-corrected chi connectivity index (χ1v) is 9.81. The molecule has 0 N–H and O–H groups in total. The Kier molecular flexibility index (Phi) is 5.80. The smallest absolute Gasteiger partial charge is 0.173 e. The summed E-state index contributed by atoms with van der Waals surface area (Å²) >= 11 is 0. The molecule has 4 rings (SSSR count). The third-order valence-electron chi connectivity index (χ3n) is 5.16. The van der Waals surface area contributed by atoms with Crippen LogP contribution in [0.15, 0.2) is 85.2 Å². The Labute approximate surface area is 161 Å². The number of hydrogen-bond acceptors (Lipinski definition) is 2. The van der Waals surface area contributed by atoms with Crippen LogP contribution >= 0.6 is 0 Å². The van der Waals surface area contributed by atoms with Crippen molar-refractivity contribution in [3.8, 4) is 5.75 Å². The van der Waals surface area contributed by atoms with E-state index in [0.717, 1.165) is 44.8 Å². The van der Waals surface area contributed by atoms with Gasteiger partial charge in [-0.2, -0.15) is 0 Å². The number of aromatic nitrogens is 1. The second-order valence-corrected chi connectivity index (χ2v) is 7.26. The van der Waals surface area contributed by atoms with Crippen LogP contribution in [0, 0.1) is 0 Å². The number of nitrogens with zero attached hydrogens (tertiary/aromatic N) is 2. The van der Waals surface area contributed by atoms with Gasteiger partial charge in [0.25, 0.3) is 0 Å². The summed E-state index contributed by atoms with van der Waals surface area (Å²) in [5.41, 5.74) is 2.72. The van der Waals surface area contributed by atoms with Gasteiger partial charge in [0, 0.05) is 37.3 Å². The highest BCUT2D eigenvalue weighted by molar-refractivity contribution is 5.17. The topological polar surface area (TPSA) is 16.4 Å². The number of rotatable bonds is 7. The Morgan fingerprint density at radius 1 is 0.852 bits per heavy atom. The summed E-state index contributed by atoms with van der Waals surface area (Å²) < 4.78 is 8.39. The van der Waals surface area contributed by atoms with E-state index in [9.17, 15) is 0 Å². The molecule has 1 fully saturated rings. The number of ether oxygens (including phenoxy) is 1. The van der Waals surface area contributed by atoms with Crippen molar-refractivity contribution >= 4 is 0 Å². The zero-order valence-corrected chi connectivity index (χ0v) is 15.7. The van der Waals surface area contributed by atoms with Gasteiger partial charge in [0.15, 0.2) is 18.9 Å². The second kappa shape index (κ2) is 8.83. The van der Waals surface area contributed by atoms with Crippen LogP contribution in [-0.4, -0.2) is 30.6 Å². The second-order valence-electron chi connectivity index (χ2n) is 7.26. The molecule has 138 valence electrons. The molecule has 3 aromatic rings. The normalized spacial score (nSPS) is 17.1. The average molecular weight is 359 g/mol. The lowest BCUT2D eigenvalue weighted by Gasteiger charge is -2.16. The maximum absolute atomic E-state index is 6.21. The lowest BCUT2D eigenvalue weighted by molar-refractivity contribution is -0.688. The van der Waals surface area contributed by atoms with Gasteiger partial charge in [-0.1, -0.05) is 60.7 Å². The standard InChI is InChI=1S/C24H27N2O/c1-3-7-21(8-4-1)11-15-26-18-14-24(20-26)27-23-12-16-25(17-13-23)19-22-9-5-2-6-10-22/h1-10,12-13,16-17,24H,11,14-15,18-20H2/q+1. The fourth-order valence-electron chi connectivity index (χ4n) is 3.64. The summed E-state index contributed by atoms with van der Waals surface area (Å²) in [7, 11) is 0. The molecule has 0 saturated carbocycles. The average Bonchev–Trinajstić information content (AvgIpc) is 3.17. The maximum atomic E-state index is 6.21. The van der Waals surface area contributed by atoms with E-state index in [1.165, 1.54) is 11.1 Å². The van der Waals surface area contributed by atoms with Crippen LogP contribution < -0.4 is 9.30 Å². The molecule has 0 radical (unpaired) electrons. The molecule has 3 heteroatoms. The summed E-state index contributed by atoms with van der Waals surface area (Å²) in [5.74, 6) is 0.967. The predicted molar refractivity (Wildman–Crippen MR) is 108 cm³/mol. The molecule has 27 heavy (non-hydrogen) atoms. The van der Waals surface area contributed by atoms with Crippen molar-refractivity contribution < 1.29 is 9.30 Å². The van der Waals surface area contributed by atoms with E-state index in [2.05, 4.69) is 94.7 Å². The van der Waals surface area contributed by atoms with E-state index in [1.54, 1.807) is 0 Å². The van der Waals surface area contributed by atoms with Crippen LogP contribution in [0.25, 0.3) is 0 Å². The van der Waals surface area contributed by atoms with Crippen molar-refractivity contribution in [2.24, 2.45) is 0 Å². The summed E-state index contributed by atoms with van der Waals surface area (Å²) in [4.78, 5) is 2.51. The molecule has 1 aromatic heterocycles. The first-order chi connectivity index (χ1) is 13.3. The SMILES string of the molecule is c1ccc(CCN2CCC(Oc3cc[n+](Cc4ccccc4)cc3)C2)cc1. The van der Waals surface area contributed by atoms with Gasteiger partial charge in [-0.3, -0.25) is 4.90 Å². The minimum atomic E-state index is 0.297. The number of hydrogen-bond donors (Lipinski definition) is 0. The quantitative estimate of drug-likeness (QED) is 0.598. The number of pyridine rings is 1. The lowest BCUT2D eigenvalue weighted by atomic mass is 10.1. The molecular formula is C24H27N2O+. The van der Waals surface area contributed by atoms with Crippen molar-refractivity contribution in [2.45, 2.75) is 25.5 Å². The molecule has 1 unspecified atom stereocenters. The van der Waals surface area contributed by atoms with E-state index in [-0.39, 0.29) is 0 Å². The van der Waals surface area contributed by atoms with E-state index < -0.39 is 0 Å². The van der Waals surface area contributed by atoms with Crippen molar-refractivity contribution in [3.05, 3.63) is 96.3 Å². The molecule has 1 aliphatic rings. The largest absolute Gasteiger partial charge is 0.489 e. The highest BCUT2D eigenvalue weighted by Gasteiger charge is 2.23. The van der Waals surface area contributed by atoms with E-state index in [4.69, 9.17) is 4.74 Å². The Balaban J connectivity index is 1.25. The van der Waals surface area contributed by atoms with Crippen LogP contribution in [0.5, 0.6) is 5.75 Å². The molecule has 3 nitrogen and oxygen atoms in total. The maximum Gasteiger partial charge on any atom is 0.173 e. The zero-order valence-electron chi connectivity index (χ0n) is 15.7. The van der Waals surface area contributed by atoms with Gasteiger partial charge < -0.3 is 4.74 Å². The van der Waals surface area contributed by atoms with Gasteiger partial charge in [0.05, 0.1) is 0 Å². The van der Waals surface area contributed by atoms with Gasteiger partial charge in [-0.05, 0) is 18.4 Å². The number of benzene rings is 2. The summed E-state index contributed by atoms with van der Waals surface area (Å²) in [6.07, 6.45) is 6.71. The minimum absolute atomic E-state index is 0.297. The summed E-state index contributed by atoms with van der Waals surface area (Å²) in [5, 5.41) is 0. The molecule has 2 aromatic carbocycles. The molecule has 0 bridgehead atoms. The summed E-state index contributed by atoms with van der Waals surface area (Å²) in [6, 6.07) is 25.4. The Morgan fingerprint density at radius 2 is 1.52 bits per heavy atom. The monoisotopic (exact) mass is 359 g/mol. The van der Waals surface area contributed by atoms with Crippen molar-refractivity contribution in [2.75, 3.05) is 19.6 Å². The van der Waals surface area contributed by atoms with Crippen LogP contribution in [0.1, 0.15) is 17.5 Å². The van der Waals surface area contributed by atoms with Crippen molar-refractivity contribution in [1.82, 2.24) is 4.90 Å². The van der Waals surface area contributed by atoms with Crippen LogP contribution in [0.3, 0.4) is 0 Å². The number of likely N-dealkylation sites (tertiary alicyclic amines) is 1. The molecule has 0 spiro atoms. The highest BCUT2D eigenvalue weighted by atomic mass is 16.5. The van der Waals surface area contributed by atoms with Crippen LogP contribution in [-0.2, 0) is 13.0 Å².